The summed E-state index contributed by atoms with van der Waals surface area (Å²) < 4.78 is 5.23. The second-order valence-corrected chi connectivity index (χ2v) is 9.61. The maximum absolute atomic E-state index is 13.3. The molecule has 36 heavy (non-hydrogen) atoms. The van der Waals surface area contributed by atoms with Crippen LogP contribution in [0.15, 0.2) is 60.7 Å². The number of hydrogen-bond acceptors (Lipinski definition) is 6. The molecule has 9 heteroatoms. The lowest BCUT2D eigenvalue weighted by Gasteiger charge is -2.26. The van der Waals surface area contributed by atoms with Crippen molar-refractivity contribution >= 4 is 29.6 Å². The lowest BCUT2D eigenvalue weighted by Crippen LogP contribution is -2.49. The summed E-state index contributed by atoms with van der Waals surface area (Å²) in [5, 5.41) is 0. The maximum Gasteiger partial charge on any atom is 0.330 e. The molecular formula is C27H27N3O6. The first kappa shape index (κ1) is 23.7. The molecule has 2 bridgehead atoms. The van der Waals surface area contributed by atoms with Gasteiger partial charge in [0, 0.05) is 12.0 Å². The molecular weight excluding hydrogens is 462 g/mol. The molecule has 186 valence electrons. The molecule has 5 rings (SSSR count). The third kappa shape index (κ3) is 4.48. The number of esters is 1. The predicted octanol–water partition coefficient (Wildman–Crippen LogP) is 1.63. The van der Waals surface area contributed by atoms with Gasteiger partial charge in [-0.25, -0.2) is 4.79 Å². The first-order valence-corrected chi connectivity index (χ1v) is 12.2. The van der Waals surface area contributed by atoms with Crippen LogP contribution in [0.2, 0.25) is 0 Å². The number of fused-ring (bicyclic) bond motifs is 5. The highest BCUT2D eigenvalue weighted by Gasteiger charge is 2.62. The lowest BCUT2D eigenvalue weighted by atomic mass is 9.81. The van der Waals surface area contributed by atoms with Crippen LogP contribution in [0.5, 0.6) is 0 Å². The number of likely N-dealkylation sites (tertiary alicyclic amines) is 1. The molecule has 1 saturated heterocycles. The van der Waals surface area contributed by atoms with Crippen LogP contribution in [0.1, 0.15) is 35.2 Å². The average molecular weight is 490 g/mol. The zero-order valence-electron chi connectivity index (χ0n) is 19.6. The van der Waals surface area contributed by atoms with Gasteiger partial charge in [0.15, 0.2) is 6.61 Å². The minimum atomic E-state index is -1.16. The molecule has 2 aliphatic carbocycles. The number of ether oxygens (including phenoxy) is 1. The topological polar surface area (TPSA) is 122 Å². The number of benzene rings is 2. The van der Waals surface area contributed by atoms with E-state index in [9.17, 15) is 24.0 Å². The van der Waals surface area contributed by atoms with E-state index >= 15 is 0 Å². The highest BCUT2D eigenvalue weighted by atomic mass is 16.5. The molecule has 0 unspecified atom stereocenters. The van der Waals surface area contributed by atoms with Crippen LogP contribution in [0.4, 0.5) is 0 Å². The van der Waals surface area contributed by atoms with Gasteiger partial charge >= 0.3 is 5.97 Å². The Labute approximate surface area is 208 Å². The van der Waals surface area contributed by atoms with E-state index in [0.717, 1.165) is 29.7 Å². The van der Waals surface area contributed by atoms with E-state index in [4.69, 9.17) is 4.74 Å². The smallest absolute Gasteiger partial charge is 0.330 e. The van der Waals surface area contributed by atoms with Crippen LogP contribution in [0.3, 0.4) is 0 Å². The van der Waals surface area contributed by atoms with Crippen molar-refractivity contribution in [1.82, 2.24) is 15.8 Å². The number of imide groups is 1. The van der Waals surface area contributed by atoms with Crippen molar-refractivity contribution in [3.05, 3.63) is 71.8 Å². The molecule has 2 N–H and O–H groups in total. The first-order valence-electron chi connectivity index (χ1n) is 12.2. The molecule has 0 aromatic heterocycles. The number of nitrogens with one attached hydrogen (secondary N) is 2. The van der Waals surface area contributed by atoms with E-state index in [1.165, 1.54) is 0 Å². The number of hydrazine groups is 1. The Morgan fingerprint density at radius 3 is 2.06 bits per heavy atom. The molecule has 4 amide bonds. The largest absolute Gasteiger partial charge is 0.454 e. The molecule has 2 aromatic carbocycles. The van der Waals surface area contributed by atoms with Crippen LogP contribution < -0.4 is 10.9 Å². The highest BCUT2D eigenvalue weighted by molar-refractivity contribution is 6.08. The average Bonchev–Trinajstić information content (AvgIpc) is 3.59. The summed E-state index contributed by atoms with van der Waals surface area (Å²) in [6, 6.07) is 16.2. The van der Waals surface area contributed by atoms with Gasteiger partial charge < -0.3 is 4.74 Å². The zero-order valence-corrected chi connectivity index (χ0v) is 19.6. The van der Waals surface area contributed by atoms with E-state index in [2.05, 4.69) is 10.9 Å². The molecule has 9 nitrogen and oxygen atoms in total. The molecule has 5 atom stereocenters. The lowest BCUT2D eigenvalue weighted by molar-refractivity contribution is -0.160. The fourth-order valence-corrected chi connectivity index (χ4v) is 5.91. The first-order chi connectivity index (χ1) is 17.4. The van der Waals surface area contributed by atoms with Gasteiger partial charge in [0.05, 0.1) is 11.8 Å². The van der Waals surface area contributed by atoms with E-state index in [1.807, 2.05) is 30.3 Å². The number of hydrogen-bond donors (Lipinski definition) is 2. The van der Waals surface area contributed by atoms with Crippen molar-refractivity contribution in [2.45, 2.75) is 31.7 Å². The summed E-state index contributed by atoms with van der Waals surface area (Å²) in [7, 11) is 0. The molecule has 1 heterocycles. The normalized spacial score (nSPS) is 24.8. The summed E-state index contributed by atoms with van der Waals surface area (Å²) in [5.41, 5.74) is 5.57. The zero-order chi connectivity index (χ0) is 25.2. The van der Waals surface area contributed by atoms with Crippen molar-refractivity contribution in [2.75, 3.05) is 6.61 Å². The number of carbonyl (C=O) groups excluding carboxylic acids is 5. The second kappa shape index (κ2) is 9.93. The predicted molar refractivity (Wildman–Crippen MR) is 127 cm³/mol. The number of amides is 4. The SMILES string of the molecule is O=C(COC(=O)[C@@H](Cc1ccccc1)N1C(=O)[C@@H]2[C@H]3CC[C@@H](C3)[C@@H]2C1=O)NNC(=O)c1ccccc1. The van der Waals surface area contributed by atoms with Crippen molar-refractivity contribution in [1.29, 1.82) is 0 Å². The van der Waals surface area contributed by atoms with Gasteiger partial charge in [-0.15, -0.1) is 0 Å². The minimum absolute atomic E-state index is 0.0955. The van der Waals surface area contributed by atoms with Crippen molar-refractivity contribution in [3.63, 3.8) is 0 Å². The number of nitrogens with zero attached hydrogens (tertiary/aromatic N) is 1. The monoisotopic (exact) mass is 489 g/mol. The molecule has 2 saturated carbocycles. The Morgan fingerprint density at radius 2 is 1.44 bits per heavy atom. The van der Waals surface area contributed by atoms with Crippen LogP contribution >= 0.6 is 0 Å². The van der Waals surface area contributed by atoms with Crippen LogP contribution in [0.25, 0.3) is 0 Å². The van der Waals surface area contributed by atoms with E-state index < -0.39 is 30.4 Å². The van der Waals surface area contributed by atoms with Crippen LogP contribution in [-0.2, 0) is 30.3 Å². The summed E-state index contributed by atoms with van der Waals surface area (Å²) >= 11 is 0. The number of rotatable bonds is 7. The van der Waals surface area contributed by atoms with Crippen molar-refractivity contribution in [3.8, 4) is 0 Å². The van der Waals surface area contributed by atoms with Gasteiger partial charge in [-0.2, -0.15) is 0 Å². The molecule has 0 spiro atoms. The van der Waals surface area contributed by atoms with Gasteiger partial charge in [-0.3, -0.25) is 34.9 Å². The van der Waals surface area contributed by atoms with Gasteiger partial charge in [-0.1, -0.05) is 48.5 Å². The van der Waals surface area contributed by atoms with Gasteiger partial charge in [-0.05, 0) is 48.8 Å². The quantitative estimate of drug-likeness (QED) is 0.346. The third-order valence-corrected chi connectivity index (χ3v) is 7.51. The molecule has 1 aliphatic heterocycles. The fraction of sp³-hybridized carbons (Fsp3) is 0.370. The molecule has 3 fully saturated rings. The summed E-state index contributed by atoms with van der Waals surface area (Å²) in [6.45, 7) is -0.673. The third-order valence-electron chi connectivity index (χ3n) is 7.51. The second-order valence-electron chi connectivity index (χ2n) is 9.61. The number of carbonyl (C=O) groups is 5. The molecule has 0 radical (unpaired) electrons. The molecule has 2 aromatic rings. The van der Waals surface area contributed by atoms with Gasteiger partial charge in [0.25, 0.3) is 11.8 Å². The van der Waals surface area contributed by atoms with Crippen LogP contribution in [0, 0.1) is 23.7 Å². The Hall–Kier alpha value is -4.01. The Bertz CT molecular complexity index is 1160. The van der Waals surface area contributed by atoms with Crippen molar-refractivity contribution in [2.24, 2.45) is 23.7 Å². The van der Waals surface area contributed by atoms with E-state index in [1.54, 1.807) is 30.3 Å². The Balaban J connectivity index is 1.25. The Morgan fingerprint density at radius 1 is 0.861 bits per heavy atom. The fourth-order valence-electron chi connectivity index (χ4n) is 5.91. The van der Waals surface area contributed by atoms with Gasteiger partial charge in [0.1, 0.15) is 6.04 Å². The van der Waals surface area contributed by atoms with Crippen molar-refractivity contribution < 1.29 is 28.7 Å². The highest BCUT2D eigenvalue weighted by Crippen LogP contribution is 2.56. The van der Waals surface area contributed by atoms with Gasteiger partial charge in [0.2, 0.25) is 11.8 Å². The summed E-state index contributed by atoms with van der Waals surface area (Å²) in [6.07, 6.45) is 2.85. The molecule has 3 aliphatic rings. The van der Waals surface area contributed by atoms with E-state index in [0.29, 0.717) is 5.56 Å². The van der Waals surface area contributed by atoms with E-state index in [-0.39, 0.29) is 41.9 Å². The maximum atomic E-state index is 13.3. The van der Waals surface area contributed by atoms with Crippen LogP contribution in [-0.4, -0.2) is 47.1 Å². The minimum Gasteiger partial charge on any atom is -0.454 e. The summed E-state index contributed by atoms with van der Waals surface area (Å²) in [4.78, 5) is 65.2. The Kier molecular flexibility index (Phi) is 6.54. The summed E-state index contributed by atoms with van der Waals surface area (Å²) in [5.74, 6) is -3.08. The standard InChI is InChI=1S/C27H27N3O6/c31-21(28-29-24(32)17-9-5-2-6-10-17)15-36-27(35)20(13-16-7-3-1-4-8-16)30-25(33)22-18-11-12-19(14-18)23(22)26(30)34/h1-10,18-20,22-23H,11-15H2,(H,28,31)(H,29,32)/t18-,19-,20+,22-,23+/m0/s1.